The summed E-state index contributed by atoms with van der Waals surface area (Å²) in [5.41, 5.74) is 0.745. The molecule has 29 heavy (non-hydrogen) atoms. The molecule has 0 bridgehead atoms. The Morgan fingerprint density at radius 1 is 1.34 bits per heavy atom. The standard InChI is InChI=1S/C21H21BrN2O4S/c1-4-8-27-18-6-5-16(22)11-14(18)10-15(12-23)19(25)24-20-17(7-9-29-20)21(26)28-13(2)3/h5-7,9-11,13H,4,8H2,1-3H3,(H,24,25)/b15-10+. The van der Waals surface area contributed by atoms with Crippen molar-refractivity contribution in [3.8, 4) is 11.8 Å². The number of carbonyl (C=O) groups excluding carboxylic acids is 2. The average Bonchev–Trinajstić information content (AvgIpc) is 3.13. The number of halogens is 1. The van der Waals surface area contributed by atoms with E-state index in [9.17, 15) is 14.9 Å². The molecule has 0 saturated carbocycles. The van der Waals surface area contributed by atoms with E-state index in [0.717, 1.165) is 10.9 Å². The minimum Gasteiger partial charge on any atom is -0.493 e. The lowest BCUT2D eigenvalue weighted by Crippen LogP contribution is -2.17. The minimum atomic E-state index is -0.616. The first-order valence-corrected chi connectivity index (χ1v) is 10.7. The molecule has 0 fully saturated rings. The highest BCUT2D eigenvalue weighted by atomic mass is 79.9. The Balaban J connectivity index is 2.27. The molecule has 0 spiro atoms. The Labute approximate surface area is 182 Å². The predicted octanol–water partition coefficient (Wildman–Crippen LogP) is 5.41. The van der Waals surface area contributed by atoms with Gasteiger partial charge in [0.2, 0.25) is 0 Å². The fourth-order valence-electron chi connectivity index (χ4n) is 2.29. The van der Waals surface area contributed by atoms with Crippen LogP contribution in [0.15, 0.2) is 39.7 Å². The van der Waals surface area contributed by atoms with E-state index >= 15 is 0 Å². The molecule has 0 saturated heterocycles. The maximum absolute atomic E-state index is 12.7. The van der Waals surface area contributed by atoms with E-state index in [4.69, 9.17) is 9.47 Å². The molecule has 0 unspecified atom stereocenters. The number of nitriles is 1. The topological polar surface area (TPSA) is 88.4 Å². The summed E-state index contributed by atoms with van der Waals surface area (Å²) in [7, 11) is 0. The van der Waals surface area contributed by atoms with Crippen LogP contribution in [0.3, 0.4) is 0 Å². The van der Waals surface area contributed by atoms with Gasteiger partial charge in [-0.05, 0) is 56.0 Å². The van der Waals surface area contributed by atoms with Crippen molar-refractivity contribution in [3.63, 3.8) is 0 Å². The highest BCUT2D eigenvalue weighted by molar-refractivity contribution is 9.10. The Kier molecular flexibility index (Phi) is 8.43. The zero-order valence-electron chi connectivity index (χ0n) is 16.3. The molecule has 0 atom stereocenters. The highest BCUT2D eigenvalue weighted by Gasteiger charge is 2.19. The first kappa shape index (κ1) is 22.7. The second-order valence-corrected chi connectivity index (χ2v) is 8.10. The van der Waals surface area contributed by atoms with Crippen molar-refractivity contribution >= 4 is 50.2 Å². The third-order valence-electron chi connectivity index (χ3n) is 3.55. The van der Waals surface area contributed by atoms with Gasteiger partial charge in [0.25, 0.3) is 5.91 Å². The quantitative estimate of drug-likeness (QED) is 0.312. The average molecular weight is 477 g/mol. The number of nitrogens with one attached hydrogen (secondary N) is 1. The molecule has 2 rings (SSSR count). The Morgan fingerprint density at radius 3 is 2.76 bits per heavy atom. The highest BCUT2D eigenvalue weighted by Crippen LogP contribution is 2.28. The van der Waals surface area contributed by atoms with Crippen molar-refractivity contribution in [2.75, 3.05) is 11.9 Å². The zero-order valence-corrected chi connectivity index (χ0v) is 18.7. The summed E-state index contributed by atoms with van der Waals surface area (Å²) in [6.07, 6.45) is 2.02. The van der Waals surface area contributed by atoms with Gasteiger partial charge in [0.05, 0.1) is 18.3 Å². The maximum Gasteiger partial charge on any atom is 0.341 e. The number of nitrogens with zero attached hydrogens (tertiary/aromatic N) is 1. The van der Waals surface area contributed by atoms with Gasteiger partial charge in [0, 0.05) is 10.0 Å². The summed E-state index contributed by atoms with van der Waals surface area (Å²) < 4.78 is 11.7. The van der Waals surface area contributed by atoms with E-state index in [1.807, 2.05) is 19.1 Å². The van der Waals surface area contributed by atoms with Gasteiger partial charge < -0.3 is 14.8 Å². The van der Waals surface area contributed by atoms with Crippen molar-refractivity contribution in [1.82, 2.24) is 0 Å². The van der Waals surface area contributed by atoms with E-state index in [1.54, 1.807) is 37.4 Å². The summed E-state index contributed by atoms with van der Waals surface area (Å²) in [5, 5.41) is 14.1. The first-order valence-electron chi connectivity index (χ1n) is 8.99. The number of hydrogen-bond donors (Lipinski definition) is 1. The number of amides is 1. The second-order valence-electron chi connectivity index (χ2n) is 6.27. The molecule has 2 aromatic rings. The van der Waals surface area contributed by atoms with Crippen LogP contribution < -0.4 is 10.1 Å². The smallest absolute Gasteiger partial charge is 0.341 e. The van der Waals surface area contributed by atoms with Crippen LogP contribution in [0.5, 0.6) is 5.75 Å². The first-order chi connectivity index (χ1) is 13.8. The number of esters is 1. The molecule has 8 heteroatoms. The minimum absolute atomic E-state index is 0.110. The monoisotopic (exact) mass is 476 g/mol. The van der Waals surface area contributed by atoms with Gasteiger partial charge in [-0.15, -0.1) is 11.3 Å². The molecule has 0 aliphatic rings. The molecular weight excluding hydrogens is 456 g/mol. The third kappa shape index (κ3) is 6.44. The molecule has 1 heterocycles. The number of ether oxygens (including phenoxy) is 2. The molecule has 1 amide bonds. The third-order valence-corrected chi connectivity index (χ3v) is 4.88. The molecular formula is C21H21BrN2O4S. The Hall–Kier alpha value is -2.63. The van der Waals surface area contributed by atoms with E-state index in [1.165, 1.54) is 17.4 Å². The van der Waals surface area contributed by atoms with Crippen molar-refractivity contribution in [2.45, 2.75) is 33.3 Å². The molecule has 0 aliphatic heterocycles. The van der Waals surface area contributed by atoms with Gasteiger partial charge in [-0.2, -0.15) is 5.26 Å². The summed E-state index contributed by atoms with van der Waals surface area (Å²) in [6.45, 7) is 6.00. The molecule has 1 aromatic carbocycles. The molecule has 152 valence electrons. The van der Waals surface area contributed by atoms with Gasteiger partial charge in [0.15, 0.2) is 0 Å². The number of hydrogen-bond acceptors (Lipinski definition) is 6. The molecule has 0 radical (unpaired) electrons. The molecule has 0 aliphatic carbocycles. The van der Waals surface area contributed by atoms with Crippen LogP contribution in [-0.2, 0) is 9.53 Å². The van der Waals surface area contributed by atoms with Gasteiger partial charge in [-0.3, -0.25) is 4.79 Å². The second kappa shape index (κ2) is 10.8. The number of anilines is 1. The van der Waals surface area contributed by atoms with E-state index in [-0.39, 0.29) is 17.2 Å². The predicted molar refractivity (Wildman–Crippen MR) is 117 cm³/mol. The van der Waals surface area contributed by atoms with Gasteiger partial charge >= 0.3 is 5.97 Å². The summed E-state index contributed by atoms with van der Waals surface area (Å²) >= 11 is 4.57. The fraction of sp³-hybridized carbons (Fsp3) is 0.286. The van der Waals surface area contributed by atoms with Crippen molar-refractivity contribution in [3.05, 3.63) is 50.8 Å². The van der Waals surface area contributed by atoms with Gasteiger partial charge in [0.1, 0.15) is 22.4 Å². The lowest BCUT2D eigenvalue weighted by atomic mass is 10.1. The van der Waals surface area contributed by atoms with Crippen LogP contribution in [0.1, 0.15) is 43.1 Å². The number of carbonyl (C=O) groups is 2. The number of benzene rings is 1. The molecule has 1 N–H and O–H groups in total. The number of rotatable bonds is 8. The molecule has 1 aromatic heterocycles. The summed E-state index contributed by atoms with van der Waals surface area (Å²) in [4.78, 5) is 24.8. The SMILES string of the molecule is CCCOc1ccc(Br)cc1/C=C(\C#N)C(=O)Nc1sccc1C(=O)OC(C)C. The summed E-state index contributed by atoms with van der Waals surface area (Å²) in [5.74, 6) is -0.566. The van der Waals surface area contributed by atoms with Crippen LogP contribution in [0.25, 0.3) is 6.08 Å². The van der Waals surface area contributed by atoms with E-state index < -0.39 is 11.9 Å². The van der Waals surface area contributed by atoms with Crippen LogP contribution in [0, 0.1) is 11.3 Å². The lowest BCUT2D eigenvalue weighted by molar-refractivity contribution is -0.112. The van der Waals surface area contributed by atoms with E-state index in [0.29, 0.717) is 22.9 Å². The van der Waals surface area contributed by atoms with Crippen LogP contribution >= 0.6 is 27.3 Å². The van der Waals surface area contributed by atoms with Crippen molar-refractivity contribution in [1.29, 1.82) is 5.26 Å². The Bertz CT molecular complexity index is 960. The van der Waals surface area contributed by atoms with Gasteiger partial charge in [-0.1, -0.05) is 22.9 Å². The summed E-state index contributed by atoms with van der Waals surface area (Å²) in [6, 6.07) is 8.86. The van der Waals surface area contributed by atoms with Crippen LogP contribution in [0.4, 0.5) is 5.00 Å². The van der Waals surface area contributed by atoms with Crippen molar-refractivity contribution in [2.24, 2.45) is 0 Å². The fourth-order valence-corrected chi connectivity index (χ4v) is 3.44. The van der Waals surface area contributed by atoms with Crippen LogP contribution in [0.2, 0.25) is 0 Å². The van der Waals surface area contributed by atoms with Crippen LogP contribution in [-0.4, -0.2) is 24.6 Å². The number of thiophene rings is 1. The Morgan fingerprint density at radius 2 is 2.10 bits per heavy atom. The van der Waals surface area contributed by atoms with Gasteiger partial charge in [-0.25, -0.2) is 4.79 Å². The van der Waals surface area contributed by atoms with Crippen molar-refractivity contribution < 1.29 is 19.1 Å². The normalized spacial score (nSPS) is 11.1. The maximum atomic E-state index is 12.7. The largest absolute Gasteiger partial charge is 0.493 e. The molecule has 6 nitrogen and oxygen atoms in total. The zero-order chi connectivity index (χ0) is 21.4. The van der Waals surface area contributed by atoms with E-state index in [2.05, 4.69) is 21.2 Å². The lowest BCUT2D eigenvalue weighted by Gasteiger charge is -2.10.